The van der Waals surface area contributed by atoms with Gasteiger partial charge in [0.2, 0.25) is 5.91 Å². The van der Waals surface area contributed by atoms with Crippen LogP contribution in [0.1, 0.15) is 32.1 Å². The van der Waals surface area contributed by atoms with Gasteiger partial charge in [-0.3, -0.25) is 4.79 Å². The van der Waals surface area contributed by atoms with Crippen LogP contribution in [0.3, 0.4) is 0 Å². The number of nitrogens with one attached hydrogen (secondary N) is 1. The van der Waals surface area contributed by atoms with E-state index in [1.165, 1.54) is 34.2 Å². The van der Waals surface area contributed by atoms with Crippen molar-refractivity contribution in [3.63, 3.8) is 0 Å². The van der Waals surface area contributed by atoms with Gasteiger partial charge in [0, 0.05) is 32.1 Å². The number of hydrogen-bond donors (Lipinski definition) is 1. The summed E-state index contributed by atoms with van der Waals surface area (Å²) in [5, 5.41) is 4.66. The predicted molar refractivity (Wildman–Crippen MR) is 117 cm³/mol. The zero-order valence-corrected chi connectivity index (χ0v) is 18.4. The van der Waals surface area contributed by atoms with Gasteiger partial charge in [-0.15, -0.1) is 11.3 Å². The maximum absolute atomic E-state index is 13.9. The molecule has 0 saturated carbocycles. The number of benzene rings is 1. The number of halogens is 1. The Kier molecular flexibility index (Phi) is 6.40. The van der Waals surface area contributed by atoms with Gasteiger partial charge in [0.25, 0.3) is 10.0 Å². The monoisotopic (exact) mass is 451 g/mol. The molecular formula is C21H26FN3O3S2. The topological polar surface area (TPSA) is 69.7 Å². The number of rotatable bonds is 5. The van der Waals surface area contributed by atoms with Crippen molar-refractivity contribution in [2.24, 2.45) is 5.92 Å². The van der Waals surface area contributed by atoms with Crippen LogP contribution < -0.4 is 10.2 Å². The van der Waals surface area contributed by atoms with Crippen LogP contribution in [0, 0.1) is 11.7 Å². The normalized spacial score (nSPS) is 19.0. The van der Waals surface area contributed by atoms with Gasteiger partial charge in [-0.1, -0.05) is 6.07 Å². The summed E-state index contributed by atoms with van der Waals surface area (Å²) in [5.41, 5.74) is 1.35. The Labute approximate surface area is 180 Å². The second-order valence-corrected chi connectivity index (χ2v) is 10.9. The summed E-state index contributed by atoms with van der Waals surface area (Å²) in [4.78, 5) is 15.1. The van der Waals surface area contributed by atoms with Crippen LogP contribution in [0.2, 0.25) is 0 Å². The van der Waals surface area contributed by atoms with Gasteiger partial charge in [-0.2, -0.15) is 4.31 Å². The number of sulfonamides is 1. The molecule has 4 rings (SSSR count). The Morgan fingerprint density at radius 1 is 1.07 bits per heavy atom. The van der Waals surface area contributed by atoms with Crippen LogP contribution in [0.25, 0.3) is 0 Å². The van der Waals surface area contributed by atoms with E-state index in [1.807, 2.05) is 0 Å². The van der Waals surface area contributed by atoms with Crippen molar-refractivity contribution in [2.45, 2.75) is 36.3 Å². The zero-order chi connectivity index (χ0) is 21.1. The van der Waals surface area contributed by atoms with E-state index in [-0.39, 0.29) is 17.6 Å². The fraction of sp³-hybridized carbons (Fsp3) is 0.476. The second kappa shape index (κ2) is 9.03. The minimum atomic E-state index is -3.49. The summed E-state index contributed by atoms with van der Waals surface area (Å²) in [6, 6.07) is 7.85. The molecule has 9 heteroatoms. The highest BCUT2D eigenvalue weighted by atomic mass is 32.2. The third-order valence-electron chi connectivity index (χ3n) is 5.83. The molecule has 0 unspecified atom stereocenters. The number of thiophene rings is 1. The molecule has 1 amide bonds. The van der Waals surface area contributed by atoms with E-state index in [0.717, 1.165) is 31.6 Å². The van der Waals surface area contributed by atoms with Crippen molar-refractivity contribution < 1.29 is 17.6 Å². The third-order valence-corrected chi connectivity index (χ3v) is 9.10. The predicted octanol–water partition coefficient (Wildman–Crippen LogP) is 3.92. The lowest BCUT2D eigenvalue weighted by molar-refractivity contribution is -0.120. The van der Waals surface area contributed by atoms with E-state index >= 15 is 0 Å². The van der Waals surface area contributed by atoms with Crippen molar-refractivity contribution in [1.29, 1.82) is 0 Å². The molecule has 2 aliphatic rings. The lowest BCUT2D eigenvalue weighted by Crippen LogP contribution is -2.41. The van der Waals surface area contributed by atoms with Gasteiger partial charge in [0.1, 0.15) is 10.0 Å². The van der Waals surface area contributed by atoms with Crippen LogP contribution >= 0.6 is 11.3 Å². The number of carbonyl (C=O) groups excluding carboxylic acids is 1. The number of nitrogens with zero attached hydrogens (tertiary/aromatic N) is 2. The summed E-state index contributed by atoms with van der Waals surface area (Å²) < 4.78 is 41.0. The molecule has 30 heavy (non-hydrogen) atoms. The van der Waals surface area contributed by atoms with E-state index in [1.54, 1.807) is 23.6 Å². The molecule has 2 aliphatic heterocycles. The minimum Gasteiger partial charge on any atom is -0.370 e. The molecule has 0 bridgehead atoms. The minimum absolute atomic E-state index is 0.174. The smallest absolute Gasteiger partial charge is 0.252 e. The van der Waals surface area contributed by atoms with E-state index in [2.05, 4.69) is 10.2 Å². The van der Waals surface area contributed by atoms with Crippen LogP contribution in [0.15, 0.2) is 39.9 Å². The van der Waals surface area contributed by atoms with Crippen molar-refractivity contribution >= 4 is 38.6 Å². The molecule has 6 nitrogen and oxygen atoms in total. The van der Waals surface area contributed by atoms with Crippen molar-refractivity contribution in [2.75, 3.05) is 36.4 Å². The zero-order valence-electron chi connectivity index (χ0n) is 16.7. The maximum atomic E-state index is 13.9. The van der Waals surface area contributed by atoms with Gasteiger partial charge in [-0.25, -0.2) is 12.8 Å². The number of amides is 1. The molecule has 0 radical (unpaired) electrons. The third kappa shape index (κ3) is 4.53. The number of anilines is 2. The highest BCUT2D eigenvalue weighted by molar-refractivity contribution is 7.91. The molecule has 0 atom stereocenters. The number of hydrogen-bond acceptors (Lipinski definition) is 5. The van der Waals surface area contributed by atoms with Gasteiger partial charge >= 0.3 is 0 Å². The van der Waals surface area contributed by atoms with E-state index in [0.29, 0.717) is 35.8 Å². The first kappa shape index (κ1) is 21.3. The lowest BCUT2D eigenvalue weighted by Gasteiger charge is -2.32. The van der Waals surface area contributed by atoms with Gasteiger partial charge < -0.3 is 10.2 Å². The molecule has 1 aromatic heterocycles. The van der Waals surface area contributed by atoms with Crippen LogP contribution in [-0.2, 0) is 14.8 Å². The summed E-state index contributed by atoms with van der Waals surface area (Å²) in [6.45, 7) is 2.40. The summed E-state index contributed by atoms with van der Waals surface area (Å²) in [7, 11) is -3.49. The molecule has 2 fully saturated rings. The molecule has 0 spiro atoms. The van der Waals surface area contributed by atoms with E-state index in [4.69, 9.17) is 0 Å². The highest BCUT2D eigenvalue weighted by Crippen LogP contribution is 2.31. The van der Waals surface area contributed by atoms with Crippen molar-refractivity contribution in [3.05, 3.63) is 41.5 Å². The first-order chi connectivity index (χ1) is 14.4. The highest BCUT2D eigenvalue weighted by Gasteiger charge is 2.33. The van der Waals surface area contributed by atoms with Gasteiger partial charge in [0.15, 0.2) is 0 Å². The summed E-state index contributed by atoms with van der Waals surface area (Å²) in [5.74, 6) is -0.854. The molecule has 1 N–H and O–H groups in total. The average Bonchev–Trinajstić information content (AvgIpc) is 3.30. The summed E-state index contributed by atoms with van der Waals surface area (Å²) >= 11 is 1.20. The number of piperidine rings is 2. The lowest BCUT2D eigenvalue weighted by atomic mass is 9.97. The molecule has 2 aromatic rings. The number of carbonyl (C=O) groups is 1. The van der Waals surface area contributed by atoms with Crippen molar-refractivity contribution in [1.82, 2.24) is 4.31 Å². The molecule has 162 valence electrons. The molecule has 2 saturated heterocycles. The van der Waals surface area contributed by atoms with E-state index in [9.17, 15) is 17.6 Å². The Hall–Kier alpha value is -1.97. The molecule has 1 aromatic carbocycles. The van der Waals surface area contributed by atoms with Crippen molar-refractivity contribution in [3.8, 4) is 0 Å². The Bertz CT molecular complexity index is 981. The quantitative estimate of drug-likeness (QED) is 0.748. The Morgan fingerprint density at radius 2 is 1.80 bits per heavy atom. The average molecular weight is 452 g/mol. The summed E-state index contributed by atoms with van der Waals surface area (Å²) in [6.07, 6.45) is 4.26. The van der Waals surface area contributed by atoms with Crippen LogP contribution in [0.5, 0.6) is 0 Å². The fourth-order valence-corrected chi connectivity index (χ4v) is 6.76. The van der Waals surface area contributed by atoms with E-state index < -0.39 is 10.0 Å². The SMILES string of the molecule is O=C(Nc1cc(F)ccc1N1CCCCC1)C1CCN(S(=O)(=O)c2cccs2)CC1. The molecular weight excluding hydrogens is 425 g/mol. The largest absolute Gasteiger partial charge is 0.370 e. The van der Waals surface area contributed by atoms with Gasteiger partial charge in [-0.05, 0) is 61.7 Å². The second-order valence-electron chi connectivity index (χ2n) is 7.81. The van der Waals surface area contributed by atoms with Gasteiger partial charge in [0.05, 0.1) is 11.4 Å². The maximum Gasteiger partial charge on any atom is 0.252 e. The molecule has 3 heterocycles. The Balaban J connectivity index is 1.41. The first-order valence-electron chi connectivity index (χ1n) is 10.3. The standard InChI is InChI=1S/C21H26FN3O3S2/c22-17-6-7-19(24-10-2-1-3-11-24)18(15-17)23-21(26)16-8-12-25(13-9-16)30(27,28)20-5-4-14-29-20/h4-7,14-16H,1-3,8-13H2,(H,23,26). The molecule has 0 aliphatic carbocycles. The van der Waals surface area contributed by atoms with Crippen LogP contribution in [-0.4, -0.2) is 44.8 Å². The van der Waals surface area contributed by atoms with Crippen LogP contribution in [0.4, 0.5) is 15.8 Å². The fourth-order valence-electron chi connectivity index (χ4n) is 4.15. The Morgan fingerprint density at radius 3 is 2.47 bits per heavy atom. The first-order valence-corrected chi connectivity index (χ1v) is 12.7.